The molecule has 0 aliphatic heterocycles. The number of rotatable bonds is 6. The molecule has 0 aromatic carbocycles. The summed E-state index contributed by atoms with van der Waals surface area (Å²) in [4.78, 5) is 13.4. The zero-order chi connectivity index (χ0) is 11.1. The lowest BCUT2D eigenvalue weighted by atomic mass is 10.3. The highest BCUT2D eigenvalue weighted by atomic mass is 32.1. The van der Waals surface area contributed by atoms with Gasteiger partial charge in [-0.25, -0.2) is 0 Å². The predicted octanol–water partition coefficient (Wildman–Crippen LogP) is 0.546. The van der Waals surface area contributed by atoms with E-state index in [4.69, 9.17) is 18.0 Å². The van der Waals surface area contributed by atoms with E-state index in [2.05, 4.69) is 4.74 Å². The second-order valence-electron chi connectivity index (χ2n) is 3.36. The van der Waals surface area contributed by atoms with E-state index in [1.165, 1.54) is 7.11 Å². The van der Waals surface area contributed by atoms with Crippen molar-refractivity contribution in [3.8, 4) is 0 Å². The van der Waals surface area contributed by atoms with Crippen LogP contribution in [0.4, 0.5) is 0 Å². The van der Waals surface area contributed by atoms with E-state index in [9.17, 15) is 4.79 Å². The molecule has 5 heteroatoms. The third kappa shape index (κ3) is 5.88. The first-order valence-electron chi connectivity index (χ1n) is 4.56. The van der Waals surface area contributed by atoms with Gasteiger partial charge < -0.3 is 10.5 Å². The standard InChI is InChI=1S/C9H18N2O2S/c1-7(2)11(6-8(10)14)5-4-9(12)13-3/h7H,4-6H2,1-3H3,(H2,10,14). The fraction of sp³-hybridized carbons (Fsp3) is 0.778. The Hall–Kier alpha value is -0.680. The minimum Gasteiger partial charge on any atom is -0.469 e. The first kappa shape index (κ1) is 13.3. The molecule has 0 unspecified atom stereocenters. The zero-order valence-electron chi connectivity index (χ0n) is 8.95. The fourth-order valence-electron chi connectivity index (χ4n) is 1.06. The molecule has 0 spiro atoms. The lowest BCUT2D eigenvalue weighted by Gasteiger charge is -2.25. The van der Waals surface area contributed by atoms with E-state index >= 15 is 0 Å². The van der Waals surface area contributed by atoms with Crippen molar-refractivity contribution in [3.05, 3.63) is 0 Å². The lowest BCUT2D eigenvalue weighted by Crippen LogP contribution is -2.39. The third-order valence-electron chi connectivity index (χ3n) is 1.92. The van der Waals surface area contributed by atoms with Gasteiger partial charge in [-0.2, -0.15) is 0 Å². The van der Waals surface area contributed by atoms with Gasteiger partial charge in [0.25, 0.3) is 0 Å². The van der Waals surface area contributed by atoms with Crippen molar-refractivity contribution in [1.82, 2.24) is 4.90 Å². The predicted molar refractivity (Wildman–Crippen MR) is 60.1 cm³/mol. The molecule has 0 atom stereocenters. The number of carbonyl (C=O) groups excluding carboxylic acids is 1. The van der Waals surface area contributed by atoms with Gasteiger partial charge in [-0.15, -0.1) is 0 Å². The van der Waals surface area contributed by atoms with Crippen LogP contribution in [-0.2, 0) is 9.53 Å². The van der Waals surface area contributed by atoms with E-state index in [0.29, 0.717) is 30.5 Å². The topological polar surface area (TPSA) is 55.6 Å². The van der Waals surface area contributed by atoms with Crippen LogP contribution in [0.3, 0.4) is 0 Å². The summed E-state index contributed by atoms with van der Waals surface area (Å²) in [6, 6.07) is 0.321. The number of nitrogens with two attached hydrogens (primary N) is 1. The Morgan fingerprint density at radius 3 is 2.50 bits per heavy atom. The number of hydrogen-bond acceptors (Lipinski definition) is 4. The Morgan fingerprint density at radius 1 is 1.57 bits per heavy atom. The average molecular weight is 218 g/mol. The zero-order valence-corrected chi connectivity index (χ0v) is 9.76. The van der Waals surface area contributed by atoms with E-state index < -0.39 is 0 Å². The summed E-state index contributed by atoms with van der Waals surface area (Å²) in [5.41, 5.74) is 5.44. The maximum Gasteiger partial charge on any atom is 0.306 e. The van der Waals surface area contributed by atoms with Crippen molar-refractivity contribution in [3.63, 3.8) is 0 Å². The lowest BCUT2D eigenvalue weighted by molar-refractivity contribution is -0.141. The van der Waals surface area contributed by atoms with Crippen LogP contribution in [0.15, 0.2) is 0 Å². The van der Waals surface area contributed by atoms with Crippen molar-refractivity contribution in [2.24, 2.45) is 5.73 Å². The van der Waals surface area contributed by atoms with Crippen LogP contribution in [0.1, 0.15) is 20.3 Å². The van der Waals surface area contributed by atoms with Crippen LogP contribution in [0.5, 0.6) is 0 Å². The van der Waals surface area contributed by atoms with E-state index in [1.54, 1.807) is 0 Å². The minimum absolute atomic E-state index is 0.210. The maximum atomic E-state index is 10.9. The Balaban J connectivity index is 3.97. The SMILES string of the molecule is COC(=O)CCN(CC(N)=S)C(C)C. The highest BCUT2D eigenvalue weighted by Gasteiger charge is 2.12. The van der Waals surface area contributed by atoms with Gasteiger partial charge in [-0.1, -0.05) is 12.2 Å². The van der Waals surface area contributed by atoms with E-state index in [0.717, 1.165) is 0 Å². The van der Waals surface area contributed by atoms with Gasteiger partial charge in [0, 0.05) is 19.1 Å². The molecule has 0 aromatic rings. The monoisotopic (exact) mass is 218 g/mol. The number of methoxy groups -OCH3 is 1. The molecule has 0 heterocycles. The summed E-state index contributed by atoms with van der Waals surface area (Å²) >= 11 is 4.82. The second kappa shape index (κ2) is 6.73. The first-order valence-corrected chi connectivity index (χ1v) is 4.97. The van der Waals surface area contributed by atoms with Crippen LogP contribution in [-0.4, -0.2) is 42.1 Å². The summed E-state index contributed by atoms with van der Waals surface area (Å²) in [5, 5.41) is 0. The Labute approximate surface area is 90.4 Å². The number of carbonyl (C=O) groups is 1. The van der Waals surface area contributed by atoms with Gasteiger partial charge in [0.05, 0.1) is 18.5 Å². The van der Waals surface area contributed by atoms with Crippen molar-refractivity contribution in [2.45, 2.75) is 26.3 Å². The number of thiocarbonyl (C=S) groups is 1. The van der Waals surface area contributed by atoms with Gasteiger partial charge in [0.15, 0.2) is 0 Å². The molecule has 0 fully saturated rings. The summed E-state index contributed by atoms with van der Waals surface area (Å²) in [6.07, 6.45) is 0.372. The van der Waals surface area contributed by atoms with Crippen LogP contribution in [0, 0.1) is 0 Å². The molecule has 2 N–H and O–H groups in total. The van der Waals surface area contributed by atoms with Gasteiger partial charge in [-0.05, 0) is 13.8 Å². The quantitative estimate of drug-likeness (QED) is 0.521. The number of ether oxygens (including phenoxy) is 1. The summed E-state index contributed by atoms with van der Waals surface area (Å²) in [5.74, 6) is -0.210. The highest BCUT2D eigenvalue weighted by molar-refractivity contribution is 7.80. The molecule has 0 aliphatic carbocycles. The minimum atomic E-state index is -0.210. The Morgan fingerprint density at radius 2 is 2.14 bits per heavy atom. The van der Waals surface area contributed by atoms with E-state index in [1.807, 2.05) is 18.7 Å². The smallest absolute Gasteiger partial charge is 0.306 e. The summed E-state index contributed by atoms with van der Waals surface area (Å²) in [7, 11) is 1.38. The molecule has 0 saturated heterocycles. The Kier molecular flexibility index (Phi) is 6.40. The molecule has 0 bridgehead atoms. The molecule has 0 aliphatic rings. The molecular weight excluding hydrogens is 200 g/mol. The molecule has 4 nitrogen and oxygen atoms in total. The molecule has 14 heavy (non-hydrogen) atoms. The van der Waals surface area contributed by atoms with Crippen LogP contribution >= 0.6 is 12.2 Å². The molecule has 0 aromatic heterocycles. The maximum absolute atomic E-state index is 10.9. The number of esters is 1. The molecule has 0 saturated carbocycles. The normalized spacial score (nSPS) is 10.6. The molecule has 0 rings (SSSR count). The fourth-order valence-corrected chi connectivity index (χ4v) is 1.22. The van der Waals surface area contributed by atoms with Crippen LogP contribution in [0.25, 0.3) is 0 Å². The van der Waals surface area contributed by atoms with Gasteiger partial charge in [-0.3, -0.25) is 9.69 Å². The number of nitrogens with zero attached hydrogens (tertiary/aromatic N) is 1. The average Bonchev–Trinajstić information content (AvgIpc) is 2.10. The summed E-state index contributed by atoms with van der Waals surface area (Å²) < 4.78 is 4.56. The van der Waals surface area contributed by atoms with Gasteiger partial charge in [0.1, 0.15) is 0 Å². The van der Waals surface area contributed by atoms with Crippen molar-refractivity contribution < 1.29 is 9.53 Å². The largest absolute Gasteiger partial charge is 0.469 e. The first-order chi connectivity index (χ1) is 6.47. The van der Waals surface area contributed by atoms with Crippen LogP contribution in [0.2, 0.25) is 0 Å². The van der Waals surface area contributed by atoms with Crippen molar-refractivity contribution >= 4 is 23.2 Å². The summed E-state index contributed by atoms with van der Waals surface area (Å²) in [6.45, 7) is 5.25. The highest BCUT2D eigenvalue weighted by Crippen LogP contribution is 2.00. The van der Waals surface area contributed by atoms with Gasteiger partial charge in [0.2, 0.25) is 0 Å². The Bertz CT molecular complexity index is 207. The third-order valence-corrected chi connectivity index (χ3v) is 2.05. The van der Waals surface area contributed by atoms with Crippen molar-refractivity contribution in [2.75, 3.05) is 20.2 Å². The second-order valence-corrected chi connectivity index (χ2v) is 3.88. The van der Waals surface area contributed by atoms with Crippen molar-refractivity contribution in [1.29, 1.82) is 0 Å². The van der Waals surface area contributed by atoms with Gasteiger partial charge >= 0.3 is 5.97 Å². The number of hydrogen-bond donors (Lipinski definition) is 1. The molecule has 0 radical (unpaired) electrons. The van der Waals surface area contributed by atoms with Crippen LogP contribution < -0.4 is 5.73 Å². The molecular formula is C9H18N2O2S. The molecule has 0 amide bonds. The van der Waals surface area contributed by atoms with E-state index in [-0.39, 0.29) is 5.97 Å². The molecule has 82 valence electrons.